The Balaban J connectivity index is 2.28. The van der Waals surface area contributed by atoms with Crippen molar-refractivity contribution in [1.82, 2.24) is 4.90 Å². The summed E-state index contributed by atoms with van der Waals surface area (Å²) in [5.74, 6) is -1.03. The number of carbonyl (C=O) groups is 2. The standard InChI is InChI=1S/C10H18N2O5S/c11-18(16,17)8-6-9(13)12(7-8)5-3-1-2-4-10(14)15/h8H,1-7H2,(H,14,15)(H2,11,16,17). The fourth-order valence-electron chi connectivity index (χ4n) is 1.93. The van der Waals surface area contributed by atoms with Gasteiger partial charge in [-0.25, -0.2) is 13.6 Å². The van der Waals surface area contributed by atoms with Crippen molar-refractivity contribution < 1.29 is 23.1 Å². The van der Waals surface area contributed by atoms with E-state index in [1.807, 2.05) is 0 Å². The number of sulfonamides is 1. The van der Waals surface area contributed by atoms with Gasteiger partial charge in [0.05, 0.1) is 0 Å². The second-order valence-electron chi connectivity index (χ2n) is 4.46. The van der Waals surface area contributed by atoms with Crippen molar-refractivity contribution in [3.05, 3.63) is 0 Å². The predicted molar refractivity (Wildman–Crippen MR) is 64.2 cm³/mol. The lowest BCUT2D eigenvalue weighted by Crippen LogP contribution is -2.32. The van der Waals surface area contributed by atoms with Crippen LogP contribution in [-0.4, -0.2) is 48.6 Å². The van der Waals surface area contributed by atoms with E-state index < -0.39 is 21.2 Å². The highest BCUT2D eigenvalue weighted by atomic mass is 32.2. The molecule has 1 aliphatic rings. The number of carbonyl (C=O) groups excluding carboxylic acids is 1. The zero-order chi connectivity index (χ0) is 13.8. The molecule has 0 aliphatic carbocycles. The molecule has 0 aromatic rings. The zero-order valence-electron chi connectivity index (χ0n) is 10.0. The summed E-state index contributed by atoms with van der Waals surface area (Å²) in [6, 6.07) is 0. The molecule has 7 nitrogen and oxygen atoms in total. The molecule has 3 N–H and O–H groups in total. The van der Waals surface area contributed by atoms with E-state index in [4.69, 9.17) is 10.2 Å². The van der Waals surface area contributed by atoms with E-state index in [2.05, 4.69) is 0 Å². The average molecular weight is 278 g/mol. The van der Waals surface area contributed by atoms with Crippen LogP contribution in [0, 0.1) is 0 Å². The molecule has 1 unspecified atom stereocenters. The minimum atomic E-state index is -3.66. The summed E-state index contributed by atoms with van der Waals surface area (Å²) in [4.78, 5) is 23.3. The maximum Gasteiger partial charge on any atom is 0.303 e. The molecule has 1 aliphatic heterocycles. The molecule has 1 saturated heterocycles. The summed E-state index contributed by atoms with van der Waals surface area (Å²) in [6.45, 7) is 0.612. The third kappa shape index (κ3) is 4.61. The smallest absolute Gasteiger partial charge is 0.303 e. The molecule has 0 saturated carbocycles. The Morgan fingerprint density at radius 1 is 1.39 bits per heavy atom. The van der Waals surface area contributed by atoms with Crippen LogP contribution < -0.4 is 5.14 Å². The molecule has 18 heavy (non-hydrogen) atoms. The third-order valence-corrected chi connectivity index (χ3v) is 4.21. The van der Waals surface area contributed by atoms with Gasteiger partial charge in [0, 0.05) is 25.9 Å². The first-order valence-electron chi connectivity index (χ1n) is 5.82. The number of carboxylic acids is 1. The molecule has 1 fully saturated rings. The second kappa shape index (κ2) is 6.14. The van der Waals surface area contributed by atoms with Crippen LogP contribution in [0.15, 0.2) is 0 Å². The highest BCUT2D eigenvalue weighted by Crippen LogP contribution is 2.17. The Morgan fingerprint density at radius 3 is 2.56 bits per heavy atom. The molecule has 104 valence electrons. The van der Waals surface area contributed by atoms with E-state index in [1.54, 1.807) is 0 Å². The molecule has 0 bridgehead atoms. The van der Waals surface area contributed by atoms with Crippen molar-refractivity contribution in [1.29, 1.82) is 0 Å². The van der Waals surface area contributed by atoms with E-state index in [0.29, 0.717) is 25.8 Å². The molecular formula is C10H18N2O5S. The lowest BCUT2D eigenvalue weighted by molar-refractivity contribution is -0.137. The minimum Gasteiger partial charge on any atom is -0.481 e. The van der Waals surface area contributed by atoms with Crippen molar-refractivity contribution in [2.45, 2.75) is 37.4 Å². The largest absolute Gasteiger partial charge is 0.481 e. The number of hydrogen-bond acceptors (Lipinski definition) is 4. The first-order valence-corrected chi connectivity index (χ1v) is 7.43. The number of rotatable bonds is 7. The SMILES string of the molecule is NS(=O)(=O)C1CC(=O)N(CCCCCC(=O)O)C1. The number of amides is 1. The number of hydrogen-bond donors (Lipinski definition) is 2. The van der Waals surface area contributed by atoms with Gasteiger partial charge in [-0.3, -0.25) is 9.59 Å². The van der Waals surface area contributed by atoms with Crippen molar-refractivity contribution in [3.63, 3.8) is 0 Å². The van der Waals surface area contributed by atoms with E-state index in [0.717, 1.165) is 0 Å². The minimum absolute atomic E-state index is 0.0477. The summed E-state index contributed by atoms with van der Waals surface area (Å²) in [6.07, 6.45) is 2.02. The van der Waals surface area contributed by atoms with Crippen LogP contribution in [0.1, 0.15) is 32.1 Å². The fourth-order valence-corrected chi connectivity index (χ4v) is 2.69. The quantitative estimate of drug-likeness (QED) is 0.610. The molecule has 0 spiro atoms. The van der Waals surface area contributed by atoms with Crippen LogP contribution in [-0.2, 0) is 19.6 Å². The number of primary sulfonamides is 1. The van der Waals surface area contributed by atoms with Gasteiger partial charge < -0.3 is 10.0 Å². The second-order valence-corrected chi connectivity index (χ2v) is 6.30. The van der Waals surface area contributed by atoms with Gasteiger partial charge in [0.1, 0.15) is 5.25 Å². The van der Waals surface area contributed by atoms with E-state index >= 15 is 0 Å². The molecule has 0 aromatic carbocycles. The third-order valence-electron chi connectivity index (χ3n) is 2.96. The number of likely N-dealkylation sites (tertiary alicyclic amines) is 1. The average Bonchev–Trinajstić information content (AvgIpc) is 2.59. The normalized spacial score (nSPS) is 20.4. The fraction of sp³-hybridized carbons (Fsp3) is 0.800. The maximum atomic E-state index is 11.5. The van der Waals surface area contributed by atoms with E-state index in [9.17, 15) is 18.0 Å². The van der Waals surface area contributed by atoms with Crippen molar-refractivity contribution in [2.75, 3.05) is 13.1 Å². The molecule has 8 heteroatoms. The van der Waals surface area contributed by atoms with E-state index in [-0.39, 0.29) is 25.3 Å². The van der Waals surface area contributed by atoms with Gasteiger partial charge in [-0.05, 0) is 12.8 Å². The monoisotopic (exact) mass is 278 g/mol. The Bertz CT molecular complexity index is 420. The van der Waals surface area contributed by atoms with Crippen LogP contribution in [0.4, 0.5) is 0 Å². The lowest BCUT2D eigenvalue weighted by Gasteiger charge is -2.15. The topological polar surface area (TPSA) is 118 Å². The molecular weight excluding hydrogens is 260 g/mol. The number of nitrogens with two attached hydrogens (primary N) is 1. The first-order chi connectivity index (χ1) is 8.30. The number of aliphatic carboxylic acids is 1. The molecule has 1 heterocycles. The van der Waals surface area contributed by atoms with Crippen LogP contribution in [0.2, 0.25) is 0 Å². The molecule has 1 rings (SSSR count). The van der Waals surface area contributed by atoms with Gasteiger partial charge in [-0.15, -0.1) is 0 Å². The van der Waals surface area contributed by atoms with Crippen molar-refractivity contribution >= 4 is 21.9 Å². The Labute approximate surface area is 106 Å². The van der Waals surface area contributed by atoms with Crippen molar-refractivity contribution in [3.8, 4) is 0 Å². The maximum absolute atomic E-state index is 11.5. The number of carboxylic acid groups (broad SMARTS) is 1. The molecule has 0 aromatic heterocycles. The Morgan fingerprint density at radius 2 is 2.06 bits per heavy atom. The molecule has 0 radical (unpaired) electrons. The Hall–Kier alpha value is -1.15. The number of unbranched alkanes of at least 4 members (excludes halogenated alkanes) is 2. The number of nitrogens with zero attached hydrogens (tertiary/aromatic N) is 1. The summed E-state index contributed by atoms with van der Waals surface area (Å²) >= 11 is 0. The summed E-state index contributed by atoms with van der Waals surface area (Å²) in [7, 11) is -3.66. The first kappa shape index (κ1) is 14.9. The van der Waals surface area contributed by atoms with Gasteiger partial charge in [-0.2, -0.15) is 0 Å². The summed E-state index contributed by atoms with van der Waals surface area (Å²) < 4.78 is 22.2. The van der Waals surface area contributed by atoms with Gasteiger partial charge >= 0.3 is 5.97 Å². The van der Waals surface area contributed by atoms with Gasteiger partial charge in [0.25, 0.3) is 0 Å². The Kier molecular flexibility index (Phi) is 5.09. The molecule has 1 atom stereocenters. The van der Waals surface area contributed by atoms with E-state index in [1.165, 1.54) is 4.90 Å². The van der Waals surface area contributed by atoms with Crippen molar-refractivity contribution in [2.24, 2.45) is 5.14 Å². The zero-order valence-corrected chi connectivity index (χ0v) is 10.9. The highest BCUT2D eigenvalue weighted by molar-refractivity contribution is 7.89. The van der Waals surface area contributed by atoms with Crippen LogP contribution in [0.3, 0.4) is 0 Å². The lowest BCUT2D eigenvalue weighted by atomic mass is 10.2. The molecule has 1 amide bonds. The van der Waals surface area contributed by atoms with Crippen LogP contribution >= 0.6 is 0 Å². The predicted octanol–water partition coefficient (Wildman–Crippen LogP) is -0.479. The van der Waals surface area contributed by atoms with Crippen LogP contribution in [0.25, 0.3) is 0 Å². The van der Waals surface area contributed by atoms with Gasteiger partial charge in [-0.1, -0.05) is 6.42 Å². The summed E-state index contributed by atoms with van der Waals surface area (Å²) in [5, 5.41) is 12.6. The van der Waals surface area contributed by atoms with Gasteiger partial charge in [0.15, 0.2) is 0 Å². The summed E-state index contributed by atoms with van der Waals surface area (Å²) in [5.41, 5.74) is 0. The highest BCUT2D eigenvalue weighted by Gasteiger charge is 2.35. The van der Waals surface area contributed by atoms with Crippen LogP contribution in [0.5, 0.6) is 0 Å². The van der Waals surface area contributed by atoms with Gasteiger partial charge in [0.2, 0.25) is 15.9 Å².